The zero-order chi connectivity index (χ0) is 23.4. The molecule has 33 heavy (non-hydrogen) atoms. The zero-order valence-electron chi connectivity index (χ0n) is 17.1. The summed E-state index contributed by atoms with van der Waals surface area (Å²) in [5.41, 5.74) is 0.427. The van der Waals surface area contributed by atoms with Gasteiger partial charge >= 0.3 is 6.18 Å². The molecule has 1 aliphatic heterocycles. The van der Waals surface area contributed by atoms with Crippen molar-refractivity contribution >= 4 is 45.8 Å². The first-order valence-corrected chi connectivity index (χ1v) is 10.9. The Morgan fingerprint density at radius 2 is 1.64 bits per heavy atom. The number of hydrogen-bond donors (Lipinski definition) is 1. The van der Waals surface area contributed by atoms with Crippen LogP contribution in [0.4, 0.5) is 30.2 Å². The van der Waals surface area contributed by atoms with Crippen LogP contribution in [0.5, 0.6) is 0 Å². The molecule has 0 saturated carbocycles. The molecule has 1 atom stereocenters. The van der Waals surface area contributed by atoms with Crippen LogP contribution in [-0.4, -0.2) is 22.2 Å². The Hall–Kier alpha value is -3.59. The maximum absolute atomic E-state index is 13.2. The first-order chi connectivity index (χ1) is 15.8. The van der Waals surface area contributed by atoms with E-state index in [0.717, 1.165) is 23.9 Å². The topological polar surface area (TPSA) is 61.8 Å². The second-order valence-corrected chi connectivity index (χ2v) is 8.35. The minimum atomic E-state index is -4.52. The molecule has 0 spiro atoms. The van der Waals surface area contributed by atoms with Gasteiger partial charge in [-0.1, -0.05) is 54.2 Å². The molecule has 4 rings (SSSR count). The SMILES string of the molecule is O=C(CC1SC(=Nc2ccccc2)N(c2ccccc2)C1=O)Nc1cccc(C(F)(F)F)c1. The number of thioether (sulfide) groups is 1. The van der Waals surface area contributed by atoms with Crippen molar-refractivity contribution in [2.45, 2.75) is 17.8 Å². The number of hydrogen-bond acceptors (Lipinski definition) is 4. The van der Waals surface area contributed by atoms with Crippen LogP contribution in [0, 0.1) is 0 Å². The van der Waals surface area contributed by atoms with Crippen molar-refractivity contribution in [1.82, 2.24) is 0 Å². The Labute approximate surface area is 192 Å². The third kappa shape index (κ3) is 5.43. The molecular weight excluding hydrogens is 451 g/mol. The highest BCUT2D eigenvalue weighted by molar-refractivity contribution is 8.16. The number of alkyl halides is 3. The van der Waals surface area contributed by atoms with Crippen LogP contribution in [0.2, 0.25) is 0 Å². The van der Waals surface area contributed by atoms with E-state index < -0.39 is 22.9 Å². The molecule has 0 aromatic heterocycles. The van der Waals surface area contributed by atoms with Crippen LogP contribution < -0.4 is 10.2 Å². The maximum atomic E-state index is 13.2. The summed E-state index contributed by atoms with van der Waals surface area (Å²) in [7, 11) is 0. The number of halogens is 3. The van der Waals surface area contributed by atoms with Crippen molar-refractivity contribution in [3.63, 3.8) is 0 Å². The number of amides is 2. The summed E-state index contributed by atoms with van der Waals surface area (Å²) in [6, 6.07) is 22.4. The Morgan fingerprint density at radius 1 is 0.970 bits per heavy atom. The van der Waals surface area contributed by atoms with E-state index in [1.807, 2.05) is 24.3 Å². The number of amidine groups is 1. The van der Waals surface area contributed by atoms with Gasteiger partial charge in [-0.05, 0) is 42.5 Å². The largest absolute Gasteiger partial charge is 0.416 e. The molecule has 0 aliphatic carbocycles. The van der Waals surface area contributed by atoms with E-state index >= 15 is 0 Å². The molecule has 168 valence electrons. The zero-order valence-corrected chi connectivity index (χ0v) is 17.9. The quantitative estimate of drug-likeness (QED) is 0.508. The Morgan fingerprint density at radius 3 is 2.30 bits per heavy atom. The van der Waals surface area contributed by atoms with Gasteiger partial charge in [0.05, 0.1) is 16.9 Å². The molecule has 9 heteroatoms. The Balaban J connectivity index is 1.54. The summed E-state index contributed by atoms with van der Waals surface area (Å²) in [5, 5.41) is 2.12. The fourth-order valence-corrected chi connectivity index (χ4v) is 4.41. The minimum absolute atomic E-state index is 0.0170. The Kier molecular flexibility index (Phi) is 6.50. The van der Waals surface area contributed by atoms with Crippen LogP contribution in [-0.2, 0) is 15.8 Å². The monoisotopic (exact) mass is 469 g/mol. The minimum Gasteiger partial charge on any atom is -0.326 e. The van der Waals surface area contributed by atoms with Crippen molar-refractivity contribution in [1.29, 1.82) is 0 Å². The lowest BCUT2D eigenvalue weighted by Crippen LogP contribution is -2.33. The molecule has 0 radical (unpaired) electrons. The lowest BCUT2D eigenvalue weighted by molar-refractivity contribution is -0.137. The van der Waals surface area contributed by atoms with E-state index in [2.05, 4.69) is 10.3 Å². The third-order valence-electron chi connectivity index (χ3n) is 4.77. The van der Waals surface area contributed by atoms with E-state index in [0.29, 0.717) is 16.5 Å². The molecule has 1 unspecified atom stereocenters. The van der Waals surface area contributed by atoms with Gasteiger partial charge in [-0.15, -0.1) is 0 Å². The third-order valence-corrected chi connectivity index (χ3v) is 5.91. The van der Waals surface area contributed by atoms with E-state index in [-0.39, 0.29) is 18.0 Å². The van der Waals surface area contributed by atoms with Crippen LogP contribution in [0.3, 0.4) is 0 Å². The molecule has 1 aliphatic rings. The standard InChI is InChI=1S/C24H18F3N3O2S/c25-24(26,27)16-8-7-11-18(14-16)28-21(31)15-20-22(32)30(19-12-5-2-6-13-19)23(33-20)29-17-9-3-1-4-10-17/h1-14,20H,15H2,(H,28,31). The molecule has 1 fully saturated rings. The number of nitrogens with zero attached hydrogens (tertiary/aromatic N) is 2. The summed E-state index contributed by atoms with van der Waals surface area (Å²) in [5.74, 6) is -0.880. The van der Waals surface area contributed by atoms with E-state index in [1.54, 1.807) is 36.4 Å². The van der Waals surface area contributed by atoms with Gasteiger partial charge in [-0.3, -0.25) is 14.5 Å². The normalized spacial score (nSPS) is 17.4. The van der Waals surface area contributed by atoms with E-state index in [1.165, 1.54) is 17.0 Å². The first-order valence-electron chi connectivity index (χ1n) is 9.98. The number of carbonyl (C=O) groups is 2. The van der Waals surface area contributed by atoms with Gasteiger partial charge in [0.2, 0.25) is 11.8 Å². The summed E-state index contributed by atoms with van der Waals surface area (Å²) >= 11 is 1.15. The van der Waals surface area contributed by atoms with Gasteiger partial charge < -0.3 is 5.32 Å². The number of anilines is 2. The van der Waals surface area contributed by atoms with E-state index in [9.17, 15) is 22.8 Å². The van der Waals surface area contributed by atoms with Crippen LogP contribution >= 0.6 is 11.8 Å². The highest BCUT2D eigenvalue weighted by atomic mass is 32.2. The number of benzene rings is 3. The smallest absolute Gasteiger partial charge is 0.326 e. The summed E-state index contributed by atoms with van der Waals surface area (Å²) in [6.45, 7) is 0. The fraction of sp³-hybridized carbons (Fsp3) is 0.125. The molecule has 0 bridgehead atoms. The number of nitrogens with one attached hydrogen (secondary N) is 1. The lowest BCUT2D eigenvalue weighted by atomic mass is 10.2. The van der Waals surface area contributed by atoms with Crippen molar-refractivity contribution < 1.29 is 22.8 Å². The number of para-hydroxylation sites is 2. The summed E-state index contributed by atoms with van der Waals surface area (Å²) < 4.78 is 38.8. The van der Waals surface area contributed by atoms with Crippen LogP contribution in [0.25, 0.3) is 0 Å². The molecule has 3 aromatic rings. The van der Waals surface area contributed by atoms with Crippen LogP contribution in [0.15, 0.2) is 89.9 Å². The average Bonchev–Trinajstić information content (AvgIpc) is 3.09. The van der Waals surface area contributed by atoms with Gasteiger partial charge in [0.25, 0.3) is 0 Å². The predicted octanol–water partition coefficient (Wildman–Crippen LogP) is 5.87. The second-order valence-electron chi connectivity index (χ2n) is 7.18. The van der Waals surface area contributed by atoms with Crippen LogP contribution in [0.1, 0.15) is 12.0 Å². The first kappa shape index (κ1) is 22.6. The molecule has 5 nitrogen and oxygen atoms in total. The van der Waals surface area contributed by atoms with E-state index in [4.69, 9.17) is 0 Å². The van der Waals surface area contributed by atoms with Crippen molar-refractivity contribution in [3.8, 4) is 0 Å². The van der Waals surface area contributed by atoms with Crippen molar-refractivity contribution in [2.24, 2.45) is 4.99 Å². The number of rotatable bonds is 5. The molecule has 1 N–H and O–H groups in total. The molecule has 1 heterocycles. The molecular formula is C24H18F3N3O2S. The van der Waals surface area contributed by atoms with Gasteiger partial charge in [0, 0.05) is 12.1 Å². The lowest BCUT2D eigenvalue weighted by Gasteiger charge is -2.16. The number of aliphatic imine (C=N–C) groups is 1. The number of carbonyl (C=O) groups excluding carboxylic acids is 2. The molecule has 2 amide bonds. The predicted molar refractivity (Wildman–Crippen MR) is 124 cm³/mol. The van der Waals surface area contributed by atoms with Gasteiger partial charge in [0.15, 0.2) is 5.17 Å². The Bertz CT molecular complexity index is 1180. The highest BCUT2D eigenvalue weighted by Crippen LogP contribution is 2.35. The van der Waals surface area contributed by atoms with Crippen molar-refractivity contribution in [2.75, 3.05) is 10.2 Å². The molecule has 1 saturated heterocycles. The summed E-state index contributed by atoms with van der Waals surface area (Å²) in [6.07, 6.45) is -4.73. The van der Waals surface area contributed by atoms with Gasteiger partial charge in [-0.2, -0.15) is 13.2 Å². The maximum Gasteiger partial charge on any atom is 0.416 e. The van der Waals surface area contributed by atoms with Crippen molar-refractivity contribution in [3.05, 3.63) is 90.5 Å². The fourth-order valence-electron chi connectivity index (χ4n) is 3.26. The van der Waals surface area contributed by atoms with Gasteiger partial charge in [-0.25, -0.2) is 4.99 Å². The second kappa shape index (κ2) is 9.50. The highest BCUT2D eigenvalue weighted by Gasteiger charge is 2.40. The van der Waals surface area contributed by atoms with Gasteiger partial charge in [0.1, 0.15) is 5.25 Å². The summed E-state index contributed by atoms with van der Waals surface area (Å²) in [4.78, 5) is 31.8. The molecule has 3 aromatic carbocycles. The average molecular weight is 469 g/mol.